The molecule has 0 bridgehead atoms. The van der Waals surface area contributed by atoms with Crippen LogP contribution in [0.2, 0.25) is 5.02 Å². The summed E-state index contributed by atoms with van der Waals surface area (Å²) in [6, 6.07) is 3.48. The highest BCUT2D eigenvalue weighted by atomic mass is 35.5. The van der Waals surface area contributed by atoms with Crippen LogP contribution >= 0.6 is 11.6 Å². The molecule has 2 rings (SSSR count). The van der Waals surface area contributed by atoms with Gasteiger partial charge in [0.15, 0.2) is 5.78 Å². The zero-order valence-electron chi connectivity index (χ0n) is 8.58. The first kappa shape index (κ1) is 10.6. The van der Waals surface area contributed by atoms with E-state index in [0.29, 0.717) is 10.7 Å². The van der Waals surface area contributed by atoms with Crippen molar-refractivity contribution >= 4 is 17.4 Å². The van der Waals surface area contributed by atoms with Gasteiger partial charge in [-0.25, -0.2) is 0 Å². The van der Waals surface area contributed by atoms with E-state index in [1.165, 1.54) is 6.42 Å². The first-order valence-corrected chi connectivity index (χ1v) is 5.81. The van der Waals surface area contributed by atoms with Gasteiger partial charge in [-0.2, -0.15) is 0 Å². The normalized spacial score (nSPS) is 17.7. The Balaban J connectivity index is 2.16. The topological polar surface area (TPSA) is 30.0 Å². The molecule has 0 N–H and O–H groups in total. The van der Waals surface area contributed by atoms with Crippen LogP contribution in [-0.4, -0.2) is 10.8 Å². The van der Waals surface area contributed by atoms with Gasteiger partial charge >= 0.3 is 0 Å². The monoisotopic (exact) mass is 223 g/mol. The van der Waals surface area contributed by atoms with Gasteiger partial charge in [-0.05, 0) is 25.0 Å². The largest absolute Gasteiger partial charge is 0.292 e. The molecule has 1 saturated carbocycles. The number of nitrogens with zero attached hydrogens (tertiary/aromatic N) is 1. The summed E-state index contributed by atoms with van der Waals surface area (Å²) in [5.41, 5.74) is 0.450. The summed E-state index contributed by atoms with van der Waals surface area (Å²) >= 11 is 5.95. The fourth-order valence-electron chi connectivity index (χ4n) is 2.13. The quantitative estimate of drug-likeness (QED) is 0.719. The van der Waals surface area contributed by atoms with Crippen molar-refractivity contribution in [3.05, 3.63) is 29.0 Å². The second kappa shape index (κ2) is 4.75. The number of carbonyl (C=O) groups excluding carboxylic acids is 1. The van der Waals surface area contributed by atoms with Gasteiger partial charge in [0.2, 0.25) is 0 Å². The molecule has 0 unspecified atom stereocenters. The second-order valence-electron chi connectivity index (χ2n) is 4.03. The minimum absolute atomic E-state index is 0.125. The van der Waals surface area contributed by atoms with Crippen molar-refractivity contribution in [2.24, 2.45) is 5.92 Å². The molecule has 1 aromatic heterocycles. The van der Waals surface area contributed by atoms with Crippen LogP contribution in [0.5, 0.6) is 0 Å². The smallest absolute Gasteiger partial charge is 0.185 e. The lowest BCUT2D eigenvalue weighted by molar-refractivity contribution is 0.0884. The molecule has 15 heavy (non-hydrogen) atoms. The summed E-state index contributed by atoms with van der Waals surface area (Å²) in [6.45, 7) is 0. The molecule has 1 fully saturated rings. The first-order chi connectivity index (χ1) is 7.29. The molecule has 1 heterocycles. The molecule has 0 amide bonds. The van der Waals surface area contributed by atoms with Crippen molar-refractivity contribution in [2.45, 2.75) is 32.1 Å². The highest BCUT2D eigenvalue weighted by molar-refractivity contribution is 6.33. The van der Waals surface area contributed by atoms with E-state index in [1.807, 2.05) is 0 Å². The van der Waals surface area contributed by atoms with Crippen molar-refractivity contribution < 1.29 is 4.79 Å². The van der Waals surface area contributed by atoms with Gasteiger partial charge in [0.05, 0.1) is 5.02 Å². The number of halogens is 1. The van der Waals surface area contributed by atoms with Crippen molar-refractivity contribution in [2.75, 3.05) is 0 Å². The molecule has 2 nitrogen and oxygen atoms in total. The van der Waals surface area contributed by atoms with Gasteiger partial charge in [-0.1, -0.05) is 30.9 Å². The Morgan fingerprint density at radius 1 is 1.33 bits per heavy atom. The molecule has 0 aliphatic heterocycles. The Kier molecular flexibility index (Phi) is 3.37. The maximum atomic E-state index is 12.1. The Labute approximate surface area is 94.7 Å². The van der Waals surface area contributed by atoms with Crippen LogP contribution in [0.3, 0.4) is 0 Å². The number of hydrogen-bond donors (Lipinski definition) is 0. The molecule has 80 valence electrons. The van der Waals surface area contributed by atoms with Crippen LogP contribution in [0.1, 0.15) is 42.6 Å². The Hall–Kier alpha value is -0.890. The van der Waals surface area contributed by atoms with Crippen LogP contribution < -0.4 is 0 Å². The SMILES string of the molecule is O=C(c1ncccc1Cl)C1CCCCC1. The van der Waals surface area contributed by atoms with Gasteiger partial charge < -0.3 is 0 Å². The highest BCUT2D eigenvalue weighted by Gasteiger charge is 2.24. The molecule has 0 saturated heterocycles. The fourth-order valence-corrected chi connectivity index (χ4v) is 2.34. The van der Waals surface area contributed by atoms with Gasteiger partial charge in [-0.15, -0.1) is 0 Å². The maximum absolute atomic E-state index is 12.1. The second-order valence-corrected chi connectivity index (χ2v) is 4.44. The zero-order chi connectivity index (χ0) is 10.7. The Morgan fingerprint density at radius 3 is 2.73 bits per heavy atom. The standard InChI is InChI=1S/C12H14ClNO/c13-10-7-4-8-14-11(10)12(15)9-5-2-1-3-6-9/h4,7-9H,1-3,5-6H2. The van der Waals surface area contributed by atoms with Gasteiger partial charge in [0.25, 0.3) is 0 Å². The lowest BCUT2D eigenvalue weighted by Gasteiger charge is -2.20. The van der Waals surface area contributed by atoms with Crippen LogP contribution in [0.4, 0.5) is 0 Å². The molecule has 0 atom stereocenters. The lowest BCUT2D eigenvalue weighted by Crippen LogP contribution is -2.19. The third-order valence-corrected chi connectivity index (χ3v) is 3.27. The average molecular weight is 224 g/mol. The molecule has 0 radical (unpaired) electrons. The van der Waals surface area contributed by atoms with Crippen molar-refractivity contribution in [3.63, 3.8) is 0 Å². The van der Waals surface area contributed by atoms with Gasteiger partial charge in [-0.3, -0.25) is 9.78 Å². The van der Waals surface area contributed by atoms with E-state index in [9.17, 15) is 4.79 Å². The van der Waals surface area contributed by atoms with Crippen LogP contribution in [-0.2, 0) is 0 Å². The molecule has 1 aromatic rings. The predicted molar refractivity (Wildman–Crippen MR) is 60.2 cm³/mol. The van der Waals surface area contributed by atoms with E-state index < -0.39 is 0 Å². The predicted octanol–water partition coefficient (Wildman–Crippen LogP) is 3.50. The lowest BCUT2D eigenvalue weighted by atomic mass is 9.85. The molecule has 1 aliphatic rings. The Morgan fingerprint density at radius 2 is 2.07 bits per heavy atom. The van der Waals surface area contributed by atoms with Crippen molar-refractivity contribution in [3.8, 4) is 0 Å². The number of rotatable bonds is 2. The number of hydrogen-bond acceptors (Lipinski definition) is 2. The van der Waals surface area contributed by atoms with Crippen LogP contribution in [0, 0.1) is 5.92 Å². The molecule has 0 aromatic carbocycles. The van der Waals surface area contributed by atoms with E-state index in [2.05, 4.69) is 4.98 Å². The van der Waals surface area contributed by atoms with Crippen LogP contribution in [0.15, 0.2) is 18.3 Å². The van der Waals surface area contributed by atoms with E-state index in [0.717, 1.165) is 25.7 Å². The minimum Gasteiger partial charge on any atom is -0.292 e. The van der Waals surface area contributed by atoms with E-state index in [-0.39, 0.29) is 11.7 Å². The minimum atomic E-state index is 0.125. The summed E-state index contributed by atoms with van der Waals surface area (Å²) < 4.78 is 0. The number of aromatic nitrogens is 1. The summed E-state index contributed by atoms with van der Waals surface area (Å²) in [5.74, 6) is 0.270. The number of pyridine rings is 1. The Bertz CT molecular complexity index is 358. The molecular formula is C12H14ClNO. The van der Waals surface area contributed by atoms with E-state index in [4.69, 9.17) is 11.6 Å². The highest BCUT2D eigenvalue weighted by Crippen LogP contribution is 2.28. The number of carbonyl (C=O) groups is 1. The zero-order valence-corrected chi connectivity index (χ0v) is 9.33. The number of ketones is 1. The molecule has 0 spiro atoms. The fraction of sp³-hybridized carbons (Fsp3) is 0.500. The maximum Gasteiger partial charge on any atom is 0.185 e. The van der Waals surface area contributed by atoms with Crippen molar-refractivity contribution in [1.29, 1.82) is 0 Å². The summed E-state index contributed by atoms with van der Waals surface area (Å²) in [5, 5.41) is 0.480. The van der Waals surface area contributed by atoms with E-state index in [1.54, 1.807) is 18.3 Å². The third kappa shape index (κ3) is 2.37. The summed E-state index contributed by atoms with van der Waals surface area (Å²) in [6.07, 6.45) is 7.17. The molecule has 1 aliphatic carbocycles. The first-order valence-electron chi connectivity index (χ1n) is 5.44. The summed E-state index contributed by atoms with van der Waals surface area (Å²) in [4.78, 5) is 16.1. The van der Waals surface area contributed by atoms with Crippen molar-refractivity contribution in [1.82, 2.24) is 4.98 Å². The summed E-state index contributed by atoms with van der Waals surface area (Å²) in [7, 11) is 0. The third-order valence-electron chi connectivity index (χ3n) is 2.97. The van der Waals surface area contributed by atoms with E-state index >= 15 is 0 Å². The molecular weight excluding hydrogens is 210 g/mol. The van der Waals surface area contributed by atoms with Crippen LogP contribution in [0.25, 0.3) is 0 Å². The van der Waals surface area contributed by atoms with Gasteiger partial charge in [0.1, 0.15) is 5.69 Å². The molecule has 3 heteroatoms. The average Bonchev–Trinajstić information content (AvgIpc) is 2.30. The van der Waals surface area contributed by atoms with Gasteiger partial charge in [0, 0.05) is 12.1 Å². The number of Topliss-reactive ketones (excluding diaryl/α,β-unsaturated/α-hetero) is 1.